The Morgan fingerprint density at radius 1 is 1.38 bits per heavy atom. The molecule has 0 aromatic heterocycles. The first-order valence-corrected chi connectivity index (χ1v) is 8.66. The number of benzene rings is 1. The van der Waals surface area contributed by atoms with Crippen LogP contribution < -0.4 is 14.8 Å². The third-order valence-corrected chi connectivity index (χ3v) is 4.91. The highest BCUT2D eigenvalue weighted by atomic mass is 16.5. The Kier molecular flexibility index (Phi) is 5.41. The van der Waals surface area contributed by atoms with Crippen molar-refractivity contribution in [1.29, 1.82) is 0 Å². The molecule has 2 heterocycles. The summed E-state index contributed by atoms with van der Waals surface area (Å²) in [4.78, 5) is 14.7. The fourth-order valence-corrected chi connectivity index (χ4v) is 3.38. The van der Waals surface area contributed by atoms with Crippen LogP contribution in [0.5, 0.6) is 11.5 Å². The first kappa shape index (κ1) is 16.8. The number of hydrogen-bond acceptors (Lipinski definition) is 4. The standard InChI is InChI=1S/C19H26N2O3/c1-20-8-5-14-6-9-21(10-7-14)19(22)16-11-15-12-17(23-2)3-4-18(15)24-13-16/h3-4,11-12,14,20H,5-10,13H2,1-2H3. The number of rotatable bonds is 5. The van der Waals surface area contributed by atoms with Crippen LogP contribution in [0.2, 0.25) is 0 Å². The van der Waals surface area contributed by atoms with E-state index >= 15 is 0 Å². The second-order valence-corrected chi connectivity index (χ2v) is 6.49. The van der Waals surface area contributed by atoms with Crippen LogP contribution in [-0.4, -0.2) is 51.2 Å². The van der Waals surface area contributed by atoms with Crippen molar-refractivity contribution in [2.45, 2.75) is 19.3 Å². The van der Waals surface area contributed by atoms with Crippen LogP contribution in [0.4, 0.5) is 0 Å². The van der Waals surface area contributed by atoms with Crippen LogP contribution in [0.25, 0.3) is 6.08 Å². The highest BCUT2D eigenvalue weighted by Crippen LogP contribution is 2.31. The van der Waals surface area contributed by atoms with Gasteiger partial charge in [0.2, 0.25) is 0 Å². The number of nitrogens with zero attached hydrogens (tertiary/aromatic N) is 1. The number of fused-ring (bicyclic) bond motifs is 1. The molecule has 1 aromatic carbocycles. The van der Waals surface area contributed by atoms with E-state index in [4.69, 9.17) is 9.47 Å². The van der Waals surface area contributed by atoms with E-state index in [2.05, 4.69) is 5.32 Å². The topological polar surface area (TPSA) is 50.8 Å². The molecule has 0 aliphatic carbocycles. The zero-order valence-corrected chi connectivity index (χ0v) is 14.5. The van der Waals surface area contributed by atoms with Gasteiger partial charge >= 0.3 is 0 Å². The van der Waals surface area contributed by atoms with Crippen molar-refractivity contribution in [1.82, 2.24) is 10.2 Å². The molecule has 5 nitrogen and oxygen atoms in total. The van der Waals surface area contributed by atoms with Gasteiger partial charge in [-0.15, -0.1) is 0 Å². The number of ether oxygens (including phenoxy) is 2. The average molecular weight is 330 g/mol. The van der Waals surface area contributed by atoms with Crippen molar-refractivity contribution in [2.75, 3.05) is 40.4 Å². The first-order chi connectivity index (χ1) is 11.7. The minimum absolute atomic E-state index is 0.107. The molecule has 2 aliphatic heterocycles. The zero-order chi connectivity index (χ0) is 16.9. The molecule has 0 unspecified atom stereocenters. The summed E-state index contributed by atoms with van der Waals surface area (Å²) in [6.45, 7) is 3.08. The third-order valence-electron chi connectivity index (χ3n) is 4.91. The summed E-state index contributed by atoms with van der Waals surface area (Å²) in [5.74, 6) is 2.41. The minimum Gasteiger partial charge on any atom is -0.497 e. The quantitative estimate of drug-likeness (QED) is 0.900. The fourth-order valence-electron chi connectivity index (χ4n) is 3.38. The zero-order valence-electron chi connectivity index (χ0n) is 14.5. The Bertz CT molecular complexity index is 619. The molecule has 0 radical (unpaired) electrons. The largest absolute Gasteiger partial charge is 0.497 e. The number of methoxy groups -OCH3 is 1. The SMILES string of the molecule is CNCCC1CCN(C(=O)C2=Cc3cc(OC)ccc3OC2)CC1. The normalized spacial score (nSPS) is 17.8. The molecule has 0 bridgehead atoms. The fraction of sp³-hybridized carbons (Fsp3) is 0.526. The molecule has 0 spiro atoms. The Labute approximate surface area is 143 Å². The van der Waals surface area contributed by atoms with Crippen LogP contribution in [0.1, 0.15) is 24.8 Å². The van der Waals surface area contributed by atoms with Gasteiger partial charge in [0.05, 0.1) is 12.7 Å². The van der Waals surface area contributed by atoms with E-state index in [1.54, 1.807) is 7.11 Å². The Morgan fingerprint density at radius 2 is 2.17 bits per heavy atom. The number of nitrogens with one attached hydrogen (secondary N) is 1. The van der Waals surface area contributed by atoms with E-state index in [1.165, 1.54) is 6.42 Å². The lowest BCUT2D eigenvalue weighted by molar-refractivity contribution is -0.128. The van der Waals surface area contributed by atoms with Crippen LogP contribution in [0.3, 0.4) is 0 Å². The molecule has 130 valence electrons. The summed E-state index contributed by atoms with van der Waals surface area (Å²) < 4.78 is 11.0. The van der Waals surface area contributed by atoms with Gasteiger partial charge in [0.25, 0.3) is 5.91 Å². The van der Waals surface area contributed by atoms with Gasteiger partial charge in [-0.05, 0) is 63.0 Å². The van der Waals surface area contributed by atoms with Gasteiger partial charge in [-0.25, -0.2) is 0 Å². The number of amides is 1. The summed E-state index contributed by atoms with van der Waals surface area (Å²) >= 11 is 0. The number of likely N-dealkylation sites (tertiary alicyclic amines) is 1. The first-order valence-electron chi connectivity index (χ1n) is 8.66. The minimum atomic E-state index is 0.107. The number of hydrogen-bond donors (Lipinski definition) is 1. The molecule has 1 aromatic rings. The molecule has 1 amide bonds. The predicted molar refractivity (Wildman–Crippen MR) is 94.3 cm³/mol. The van der Waals surface area contributed by atoms with Crippen LogP contribution in [0, 0.1) is 5.92 Å². The molecule has 0 saturated carbocycles. The van der Waals surface area contributed by atoms with Crippen molar-refractivity contribution in [2.24, 2.45) is 5.92 Å². The van der Waals surface area contributed by atoms with Crippen LogP contribution >= 0.6 is 0 Å². The molecule has 2 aliphatic rings. The van der Waals surface area contributed by atoms with Crippen molar-refractivity contribution < 1.29 is 14.3 Å². The van der Waals surface area contributed by atoms with Crippen LogP contribution in [0.15, 0.2) is 23.8 Å². The molecule has 1 fully saturated rings. The van der Waals surface area contributed by atoms with Gasteiger partial charge in [-0.1, -0.05) is 0 Å². The molecule has 1 saturated heterocycles. The van der Waals surface area contributed by atoms with Gasteiger partial charge in [0, 0.05) is 18.7 Å². The molecule has 1 N–H and O–H groups in total. The van der Waals surface area contributed by atoms with E-state index < -0.39 is 0 Å². The Morgan fingerprint density at radius 3 is 2.88 bits per heavy atom. The maximum atomic E-state index is 12.8. The van der Waals surface area contributed by atoms with Gasteiger partial charge < -0.3 is 19.7 Å². The molecular weight excluding hydrogens is 304 g/mol. The van der Waals surface area contributed by atoms with Crippen LogP contribution in [-0.2, 0) is 4.79 Å². The van der Waals surface area contributed by atoms with Crippen molar-refractivity contribution >= 4 is 12.0 Å². The van der Waals surface area contributed by atoms with E-state index in [9.17, 15) is 4.79 Å². The van der Waals surface area contributed by atoms with Gasteiger partial charge in [0.15, 0.2) is 0 Å². The van der Waals surface area contributed by atoms with Crippen molar-refractivity contribution in [3.63, 3.8) is 0 Å². The number of carbonyl (C=O) groups is 1. The van der Waals surface area contributed by atoms with E-state index in [-0.39, 0.29) is 5.91 Å². The maximum Gasteiger partial charge on any atom is 0.253 e. The summed E-state index contributed by atoms with van der Waals surface area (Å²) in [6, 6.07) is 5.67. The number of piperidine rings is 1. The lowest BCUT2D eigenvalue weighted by Gasteiger charge is -2.33. The lowest BCUT2D eigenvalue weighted by Crippen LogP contribution is -2.40. The molecule has 5 heteroatoms. The maximum absolute atomic E-state index is 12.8. The molecular formula is C19H26N2O3. The van der Waals surface area contributed by atoms with Crippen molar-refractivity contribution in [3.8, 4) is 11.5 Å². The molecule has 24 heavy (non-hydrogen) atoms. The molecule has 3 rings (SSSR count). The second kappa shape index (κ2) is 7.71. The number of carbonyl (C=O) groups excluding carboxylic acids is 1. The smallest absolute Gasteiger partial charge is 0.253 e. The van der Waals surface area contributed by atoms with Gasteiger partial charge in [-0.3, -0.25) is 4.79 Å². The summed E-state index contributed by atoms with van der Waals surface area (Å²) in [6.07, 6.45) is 5.31. The Hall–Kier alpha value is -2.01. The summed E-state index contributed by atoms with van der Waals surface area (Å²) in [7, 11) is 3.63. The van der Waals surface area contributed by atoms with E-state index in [1.807, 2.05) is 36.2 Å². The highest BCUT2D eigenvalue weighted by molar-refractivity contribution is 5.99. The van der Waals surface area contributed by atoms with Gasteiger partial charge in [-0.2, -0.15) is 0 Å². The molecule has 0 atom stereocenters. The highest BCUT2D eigenvalue weighted by Gasteiger charge is 2.26. The average Bonchev–Trinajstić information content (AvgIpc) is 2.65. The monoisotopic (exact) mass is 330 g/mol. The van der Waals surface area contributed by atoms with E-state index in [0.29, 0.717) is 6.61 Å². The summed E-state index contributed by atoms with van der Waals surface area (Å²) in [5, 5.41) is 3.20. The van der Waals surface area contributed by atoms with E-state index in [0.717, 1.165) is 61.0 Å². The second-order valence-electron chi connectivity index (χ2n) is 6.49. The van der Waals surface area contributed by atoms with Crippen molar-refractivity contribution in [3.05, 3.63) is 29.3 Å². The summed E-state index contributed by atoms with van der Waals surface area (Å²) in [5.41, 5.74) is 1.64. The Balaban J connectivity index is 1.64. The predicted octanol–water partition coefficient (Wildman–Crippen LogP) is 2.32. The third kappa shape index (κ3) is 3.73. The van der Waals surface area contributed by atoms with Gasteiger partial charge in [0.1, 0.15) is 18.1 Å². The lowest BCUT2D eigenvalue weighted by atomic mass is 9.93.